The van der Waals surface area contributed by atoms with Gasteiger partial charge in [-0.2, -0.15) is 0 Å². The van der Waals surface area contributed by atoms with Crippen molar-refractivity contribution >= 4 is 23.2 Å². The predicted molar refractivity (Wildman–Crippen MR) is 119 cm³/mol. The molecule has 2 rings (SSSR count). The Kier molecular flexibility index (Phi) is 9.51. The fourth-order valence-electron chi connectivity index (χ4n) is 3.32. The van der Waals surface area contributed by atoms with Gasteiger partial charge in [-0.05, 0) is 52.6 Å². The van der Waals surface area contributed by atoms with E-state index in [1.165, 1.54) is 19.3 Å². The minimum atomic E-state index is 0.463. The van der Waals surface area contributed by atoms with Gasteiger partial charge in [0.2, 0.25) is 0 Å². The molecule has 3 heteroatoms. The van der Waals surface area contributed by atoms with Gasteiger partial charge in [-0.15, -0.1) is 23.2 Å². The molecular weight excluding hydrogens is 375 g/mol. The zero-order chi connectivity index (χ0) is 19.6. The second kappa shape index (κ2) is 11.6. The Balaban J connectivity index is 1.89. The van der Waals surface area contributed by atoms with Crippen molar-refractivity contribution in [3.05, 3.63) is 53.6 Å². The summed E-state index contributed by atoms with van der Waals surface area (Å²) in [6.07, 6.45) is 5.03. The highest BCUT2D eigenvalue weighted by Crippen LogP contribution is 2.30. The SMILES string of the molecule is CC(C)CCCC(C)CCOc1ccc(-c2cccc(CCl)c2CCl)cc1. The molecule has 1 atom stereocenters. The van der Waals surface area contributed by atoms with E-state index in [2.05, 4.69) is 39.0 Å². The van der Waals surface area contributed by atoms with Crippen LogP contribution >= 0.6 is 23.2 Å². The normalized spacial score (nSPS) is 12.4. The number of rotatable bonds is 11. The largest absolute Gasteiger partial charge is 0.494 e. The monoisotopic (exact) mass is 406 g/mol. The zero-order valence-corrected chi connectivity index (χ0v) is 18.3. The fourth-order valence-corrected chi connectivity index (χ4v) is 3.88. The van der Waals surface area contributed by atoms with Crippen LogP contribution in [0, 0.1) is 11.8 Å². The van der Waals surface area contributed by atoms with Crippen molar-refractivity contribution < 1.29 is 4.74 Å². The van der Waals surface area contributed by atoms with Crippen molar-refractivity contribution in [3.63, 3.8) is 0 Å². The molecule has 27 heavy (non-hydrogen) atoms. The van der Waals surface area contributed by atoms with Gasteiger partial charge < -0.3 is 4.74 Å². The van der Waals surface area contributed by atoms with Gasteiger partial charge >= 0.3 is 0 Å². The van der Waals surface area contributed by atoms with Crippen LogP contribution in [0.15, 0.2) is 42.5 Å². The maximum Gasteiger partial charge on any atom is 0.119 e. The number of alkyl halides is 2. The molecule has 0 radical (unpaired) electrons. The Morgan fingerprint density at radius 1 is 0.852 bits per heavy atom. The van der Waals surface area contributed by atoms with Crippen molar-refractivity contribution in [1.29, 1.82) is 0 Å². The van der Waals surface area contributed by atoms with Gasteiger partial charge in [0.05, 0.1) is 6.61 Å². The van der Waals surface area contributed by atoms with Crippen LogP contribution in [0.4, 0.5) is 0 Å². The highest BCUT2D eigenvalue weighted by molar-refractivity contribution is 6.19. The van der Waals surface area contributed by atoms with Crippen molar-refractivity contribution in [3.8, 4) is 16.9 Å². The molecule has 0 fully saturated rings. The summed E-state index contributed by atoms with van der Waals surface area (Å²) in [5.74, 6) is 3.38. The lowest BCUT2D eigenvalue weighted by Gasteiger charge is -2.14. The third-order valence-corrected chi connectivity index (χ3v) is 5.63. The van der Waals surface area contributed by atoms with E-state index in [0.717, 1.165) is 46.9 Å². The Morgan fingerprint density at radius 3 is 2.22 bits per heavy atom. The number of ether oxygens (including phenoxy) is 1. The number of hydrogen-bond donors (Lipinski definition) is 0. The average Bonchev–Trinajstić information content (AvgIpc) is 2.67. The van der Waals surface area contributed by atoms with Gasteiger partial charge in [0.1, 0.15) is 5.75 Å². The molecule has 0 aromatic heterocycles. The van der Waals surface area contributed by atoms with Crippen molar-refractivity contribution in [2.45, 2.75) is 58.2 Å². The number of halogens is 2. The molecule has 0 saturated carbocycles. The van der Waals surface area contributed by atoms with E-state index in [1.807, 2.05) is 24.3 Å². The molecule has 148 valence electrons. The van der Waals surface area contributed by atoms with Crippen LogP contribution in [0.2, 0.25) is 0 Å². The summed E-state index contributed by atoms with van der Waals surface area (Å²) in [7, 11) is 0. The average molecular weight is 407 g/mol. The summed E-state index contributed by atoms with van der Waals surface area (Å²) in [5, 5.41) is 0. The molecule has 0 aliphatic rings. The first-order chi connectivity index (χ1) is 13.0. The molecule has 2 aromatic carbocycles. The van der Waals surface area contributed by atoms with Crippen LogP contribution in [0.3, 0.4) is 0 Å². The molecule has 0 N–H and O–H groups in total. The minimum absolute atomic E-state index is 0.463. The van der Waals surface area contributed by atoms with Gasteiger partial charge in [0.25, 0.3) is 0 Å². The van der Waals surface area contributed by atoms with Crippen LogP contribution in [-0.4, -0.2) is 6.61 Å². The van der Waals surface area contributed by atoms with Crippen molar-refractivity contribution in [1.82, 2.24) is 0 Å². The van der Waals surface area contributed by atoms with E-state index in [4.69, 9.17) is 27.9 Å². The summed E-state index contributed by atoms with van der Waals surface area (Å²) in [4.78, 5) is 0. The summed E-state index contributed by atoms with van der Waals surface area (Å²) in [6.45, 7) is 7.68. The maximum atomic E-state index is 6.17. The molecule has 0 spiro atoms. The van der Waals surface area contributed by atoms with Crippen molar-refractivity contribution in [2.75, 3.05) is 6.61 Å². The molecule has 0 aliphatic carbocycles. The molecule has 0 amide bonds. The van der Waals surface area contributed by atoms with Crippen LogP contribution < -0.4 is 4.74 Å². The van der Waals surface area contributed by atoms with E-state index in [-0.39, 0.29) is 0 Å². The fraction of sp³-hybridized carbons (Fsp3) is 0.500. The number of benzene rings is 2. The van der Waals surface area contributed by atoms with E-state index < -0.39 is 0 Å². The van der Waals surface area contributed by atoms with Crippen LogP contribution in [0.5, 0.6) is 5.75 Å². The van der Waals surface area contributed by atoms with Crippen LogP contribution in [-0.2, 0) is 11.8 Å². The van der Waals surface area contributed by atoms with Gasteiger partial charge in [-0.3, -0.25) is 0 Å². The zero-order valence-electron chi connectivity index (χ0n) is 16.8. The molecule has 0 bridgehead atoms. The van der Waals surface area contributed by atoms with Crippen LogP contribution in [0.25, 0.3) is 11.1 Å². The Labute approximate surface area is 175 Å². The van der Waals surface area contributed by atoms with E-state index >= 15 is 0 Å². The Hall–Kier alpha value is -1.18. The first-order valence-corrected chi connectivity index (χ1v) is 11.1. The molecule has 0 aliphatic heterocycles. The van der Waals surface area contributed by atoms with Gasteiger partial charge in [0.15, 0.2) is 0 Å². The molecule has 2 aromatic rings. The maximum absolute atomic E-state index is 6.17. The first-order valence-electron chi connectivity index (χ1n) is 10.0. The topological polar surface area (TPSA) is 9.23 Å². The Bertz CT molecular complexity index is 679. The second-order valence-corrected chi connectivity index (χ2v) is 8.34. The molecular formula is C24H32Cl2O. The standard InChI is InChI=1S/C24H32Cl2O/c1-18(2)6-4-7-19(3)14-15-27-22-12-10-20(11-13-22)23-9-5-8-21(16-25)24(23)17-26/h5,8-13,18-19H,4,6-7,14-17H2,1-3H3. The summed E-state index contributed by atoms with van der Waals surface area (Å²) in [6, 6.07) is 14.5. The second-order valence-electron chi connectivity index (χ2n) is 7.80. The number of hydrogen-bond acceptors (Lipinski definition) is 1. The van der Waals surface area contributed by atoms with E-state index in [9.17, 15) is 0 Å². The van der Waals surface area contributed by atoms with E-state index in [0.29, 0.717) is 17.7 Å². The van der Waals surface area contributed by atoms with E-state index in [1.54, 1.807) is 0 Å². The predicted octanol–water partition coefficient (Wildman–Crippen LogP) is 8.06. The van der Waals surface area contributed by atoms with Gasteiger partial charge in [-0.25, -0.2) is 0 Å². The lowest BCUT2D eigenvalue weighted by atomic mass is 9.97. The first kappa shape index (κ1) is 22.1. The smallest absolute Gasteiger partial charge is 0.119 e. The highest BCUT2D eigenvalue weighted by Gasteiger charge is 2.09. The third kappa shape index (κ3) is 7.05. The molecule has 1 nitrogen and oxygen atoms in total. The van der Waals surface area contributed by atoms with Gasteiger partial charge in [-0.1, -0.05) is 70.4 Å². The summed E-state index contributed by atoms with van der Waals surface area (Å²) in [5.41, 5.74) is 4.49. The molecule has 0 heterocycles. The Morgan fingerprint density at radius 2 is 1.59 bits per heavy atom. The molecule has 1 unspecified atom stereocenters. The van der Waals surface area contributed by atoms with Gasteiger partial charge in [0, 0.05) is 11.8 Å². The quantitative estimate of drug-likeness (QED) is 0.342. The minimum Gasteiger partial charge on any atom is -0.494 e. The highest BCUT2D eigenvalue weighted by atomic mass is 35.5. The third-order valence-electron chi connectivity index (χ3n) is 5.07. The lowest BCUT2D eigenvalue weighted by Crippen LogP contribution is -2.04. The summed E-state index contributed by atoms with van der Waals surface area (Å²) < 4.78 is 5.95. The lowest BCUT2D eigenvalue weighted by molar-refractivity contribution is 0.276. The summed E-state index contributed by atoms with van der Waals surface area (Å²) >= 11 is 12.2. The van der Waals surface area contributed by atoms with Crippen LogP contribution in [0.1, 0.15) is 57.6 Å². The van der Waals surface area contributed by atoms with Crippen molar-refractivity contribution in [2.24, 2.45) is 11.8 Å². The molecule has 0 saturated heterocycles.